The molecule has 0 spiro atoms. The lowest BCUT2D eigenvalue weighted by atomic mass is 10.1. The number of nitrogens with one attached hydrogen (secondary N) is 2. The molecule has 1 aliphatic rings. The van der Waals surface area contributed by atoms with Crippen LogP contribution in [0.4, 0.5) is 0 Å². The average Bonchev–Trinajstić information content (AvgIpc) is 3.22. The highest BCUT2D eigenvalue weighted by Gasteiger charge is 2.11. The van der Waals surface area contributed by atoms with E-state index in [1.54, 1.807) is 11.3 Å². The highest BCUT2D eigenvalue weighted by molar-refractivity contribution is 9.12. The maximum atomic E-state index is 4.85. The zero-order valence-corrected chi connectivity index (χ0v) is 22.2. The predicted octanol–water partition coefficient (Wildman–Crippen LogP) is 5.65. The summed E-state index contributed by atoms with van der Waals surface area (Å²) in [5, 5.41) is 8.96. The lowest BCUT2D eigenvalue weighted by Crippen LogP contribution is -2.31. The largest absolute Gasteiger partial charge is 0.378 e. The van der Waals surface area contributed by atoms with E-state index in [9.17, 15) is 0 Å². The third-order valence-corrected chi connectivity index (χ3v) is 6.73. The van der Waals surface area contributed by atoms with Gasteiger partial charge in [0.2, 0.25) is 0 Å². The Bertz CT molecular complexity index is 893. The zero-order valence-electron chi connectivity index (χ0n) is 19.7. The van der Waals surface area contributed by atoms with Crippen molar-refractivity contribution >= 4 is 39.2 Å². The standard InChI is InChI=1S/C25H36BrN5S/c1-6-7-10-19(2)21(4)24-17-28-16-23(26)25(30-24)29-18-27-12-9-13-31(5)20(3)15-22-11-8-14-32-22/h7-8,10-11,14,16,27,29H,3,6,9,12-13,15,17-18H2,1-2,4-5H3/b10-7-,21-19+. The minimum absolute atomic E-state index is 0.582. The summed E-state index contributed by atoms with van der Waals surface area (Å²) < 4.78 is 0.869. The van der Waals surface area contributed by atoms with E-state index in [-0.39, 0.29) is 0 Å². The molecule has 174 valence electrons. The van der Waals surface area contributed by atoms with Crippen LogP contribution in [0.15, 0.2) is 73.4 Å². The lowest BCUT2D eigenvalue weighted by molar-refractivity contribution is 0.395. The van der Waals surface area contributed by atoms with Gasteiger partial charge >= 0.3 is 0 Å². The van der Waals surface area contributed by atoms with Crippen molar-refractivity contribution in [3.8, 4) is 0 Å². The maximum absolute atomic E-state index is 4.85. The smallest absolute Gasteiger partial charge is 0.143 e. The topological polar surface area (TPSA) is 52.0 Å². The van der Waals surface area contributed by atoms with Crippen molar-refractivity contribution in [3.63, 3.8) is 0 Å². The van der Waals surface area contributed by atoms with E-state index < -0.39 is 0 Å². The third kappa shape index (κ3) is 8.88. The van der Waals surface area contributed by atoms with Crippen LogP contribution in [0.5, 0.6) is 0 Å². The Morgan fingerprint density at radius 1 is 1.38 bits per heavy atom. The summed E-state index contributed by atoms with van der Waals surface area (Å²) in [6.07, 6.45) is 9.15. The number of thiophene rings is 1. The molecule has 0 fully saturated rings. The Hall–Kier alpha value is -1.96. The highest BCUT2D eigenvalue weighted by Crippen LogP contribution is 2.17. The van der Waals surface area contributed by atoms with Gasteiger partial charge in [-0.05, 0) is 71.8 Å². The molecule has 5 nitrogen and oxygen atoms in total. The molecule has 2 heterocycles. The number of halogens is 1. The number of hydrogen-bond donors (Lipinski definition) is 2. The first kappa shape index (κ1) is 26.3. The van der Waals surface area contributed by atoms with Gasteiger partial charge in [-0.2, -0.15) is 0 Å². The monoisotopic (exact) mass is 517 g/mol. The SMILES string of the molecule is C=C(Cc1cccs1)N(C)CCCNCNC1=C(Br)C=NCC(/C(C)=C(C)/C=C\CC)=N1. The second-order valence-electron chi connectivity index (χ2n) is 7.79. The first-order valence-corrected chi connectivity index (χ1v) is 12.8. The van der Waals surface area contributed by atoms with E-state index in [0.29, 0.717) is 13.2 Å². The van der Waals surface area contributed by atoms with Gasteiger partial charge in [-0.25, -0.2) is 4.99 Å². The zero-order chi connectivity index (χ0) is 23.3. The molecule has 7 heteroatoms. The average molecular weight is 519 g/mol. The van der Waals surface area contributed by atoms with E-state index in [4.69, 9.17) is 4.99 Å². The van der Waals surface area contributed by atoms with E-state index in [0.717, 1.165) is 54.1 Å². The van der Waals surface area contributed by atoms with Gasteiger partial charge < -0.3 is 10.2 Å². The molecule has 0 saturated heterocycles. The molecule has 32 heavy (non-hydrogen) atoms. The van der Waals surface area contributed by atoms with Crippen molar-refractivity contribution in [1.29, 1.82) is 0 Å². The fourth-order valence-electron chi connectivity index (χ4n) is 3.05. The van der Waals surface area contributed by atoms with Gasteiger partial charge in [-0.15, -0.1) is 11.3 Å². The van der Waals surface area contributed by atoms with Crippen molar-refractivity contribution in [2.45, 2.75) is 40.0 Å². The summed E-state index contributed by atoms with van der Waals surface area (Å²) in [4.78, 5) is 13.0. The van der Waals surface area contributed by atoms with Gasteiger partial charge in [0.15, 0.2) is 0 Å². The molecule has 0 radical (unpaired) electrons. The quantitative estimate of drug-likeness (QED) is 0.202. The fourth-order valence-corrected chi connectivity index (χ4v) is 4.17. The summed E-state index contributed by atoms with van der Waals surface area (Å²) in [5.74, 6) is 0.807. The van der Waals surface area contributed by atoms with Crippen LogP contribution in [0.25, 0.3) is 0 Å². The molecule has 1 aromatic rings. The molecule has 1 aliphatic heterocycles. The number of hydrogen-bond acceptors (Lipinski definition) is 6. The molecule has 0 saturated carbocycles. The number of aliphatic imine (C=N–C) groups is 2. The van der Waals surface area contributed by atoms with Crippen LogP contribution in [0, 0.1) is 0 Å². The van der Waals surface area contributed by atoms with Gasteiger partial charge in [0, 0.05) is 36.8 Å². The van der Waals surface area contributed by atoms with Crippen LogP contribution in [-0.4, -0.2) is 50.2 Å². The lowest BCUT2D eigenvalue weighted by Gasteiger charge is -2.21. The number of likely N-dealkylation sites (N-methyl/N-ethyl adjacent to an activating group) is 1. The maximum Gasteiger partial charge on any atom is 0.143 e. The van der Waals surface area contributed by atoms with Gasteiger partial charge in [0.25, 0.3) is 0 Å². The van der Waals surface area contributed by atoms with E-state index in [2.05, 4.69) is 101 Å². The predicted molar refractivity (Wildman–Crippen MR) is 145 cm³/mol. The van der Waals surface area contributed by atoms with Crippen molar-refractivity contribution < 1.29 is 0 Å². The van der Waals surface area contributed by atoms with Crippen molar-refractivity contribution in [2.24, 2.45) is 9.98 Å². The first-order chi connectivity index (χ1) is 15.4. The molecule has 0 unspecified atom stereocenters. The molecule has 2 N–H and O–H groups in total. The second-order valence-corrected chi connectivity index (χ2v) is 9.68. The molecular weight excluding hydrogens is 482 g/mol. The summed E-state index contributed by atoms with van der Waals surface area (Å²) in [7, 11) is 2.12. The normalized spacial score (nSPS) is 15.0. The van der Waals surface area contributed by atoms with Gasteiger partial charge in [0.05, 0.1) is 23.4 Å². The van der Waals surface area contributed by atoms with E-state index >= 15 is 0 Å². The van der Waals surface area contributed by atoms with E-state index in [1.807, 2.05) is 6.21 Å². The minimum Gasteiger partial charge on any atom is -0.378 e. The molecule has 0 aromatic carbocycles. The third-order valence-electron chi connectivity index (χ3n) is 5.27. The molecule has 1 aromatic heterocycles. The van der Waals surface area contributed by atoms with Gasteiger partial charge in [-0.1, -0.05) is 31.7 Å². The number of rotatable bonds is 13. The molecular formula is C25H36BrN5S. The highest BCUT2D eigenvalue weighted by atomic mass is 79.9. The summed E-state index contributed by atoms with van der Waals surface area (Å²) in [6.45, 7) is 13.7. The van der Waals surface area contributed by atoms with Gasteiger partial charge in [0.1, 0.15) is 5.82 Å². The van der Waals surface area contributed by atoms with Crippen LogP contribution >= 0.6 is 27.3 Å². The summed E-state index contributed by atoms with van der Waals surface area (Å²) >= 11 is 5.37. The van der Waals surface area contributed by atoms with Crippen LogP contribution < -0.4 is 10.6 Å². The molecule has 0 bridgehead atoms. The molecule has 2 rings (SSSR count). The Balaban J connectivity index is 1.78. The van der Waals surface area contributed by atoms with Crippen molar-refractivity contribution in [1.82, 2.24) is 15.5 Å². The molecule has 0 atom stereocenters. The minimum atomic E-state index is 0.582. The summed E-state index contributed by atoms with van der Waals surface area (Å²) in [6, 6.07) is 4.25. The van der Waals surface area contributed by atoms with Crippen molar-refractivity contribution in [3.05, 3.63) is 68.3 Å². The second kappa shape index (κ2) is 14.2. The fraction of sp³-hybridized carbons (Fsp3) is 0.440. The molecule has 0 aliphatic carbocycles. The number of nitrogens with zero attached hydrogens (tertiary/aromatic N) is 3. The van der Waals surface area contributed by atoms with Crippen LogP contribution in [0.1, 0.15) is 38.5 Å². The Kier molecular flexibility index (Phi) is 11.7. The van der Waals surface area contributed by atoms with Crippen LogP contribution in [0.2, 0.25) is 0 Å². The Morgan fingerprint density at radius 2 is 2.19 bits per heavy atom. The van der Waals surface area contributed by atoms with E-state index in [1.165, 1.54) is 16.0 Å². The number of allylic oxidation sites excluding steroid dienone is 5. The summed E-state index contributed by atoms with van der Waals surface area (Å²) in [5.41, 5.74) is 4.54. The van der Waals surface area contributed by atoms with Crippen LogP contribution in [-0.2, 0) is 6.42 Å². The van der Waals surface area contributed by atoms with Crippen LogP contribution in [0.3, 0.4) is 0 Å². The van der Waals surface area contributed by atoms with Crippen molar-refractivity contribution in [2.75, 3.05) is 33.4 Å². The Labute approximate surface area is 205 Å². The first-order valence-electron chi connectivity index (χ1n) is 11.1. The molecule has 0 amide bonds. The Morgan fingerprint density at radius 3 is 2.91 bits per heavy atom. The van der Waals surface area contributed by atoms with Gasteiger partial charge in [-0.3, -0.25) is 10.3 Å².